The number of nitrogens with one attached hydrogen (secondary N) is 1. The number of carbonyl (C=O) groups is 1. The minimum absolute atomic E-state index is 0.0225. The summed E-state index contributed by atoms with van der Waals surface area (Å²) in [6.07, 6.45) is 0.835. The van der Waals surface area contributed by atoms with Gasteiger partial charge in [0.05, 0.1) is 24.1 Å². The van der Waals surface area contributed by atoms with Gasteiger partial charge in [0.15, 0.2) is 0 Å². The Hall–Kier alpha value is -2.07. The van der Waals surface area contributed by atoms with E-state index in [2.05, 4.69) is 21.6 Å². The standard InChI is InChI=1S/C19H24N4O3S2/c1-14(18(24)20-8-7-15-5-3-11-27-15)23(9-10-25-2)13-17-21-22-19(26-17)16-6-4-12-28-16/h3-6,11-12,14H,7-10,13H2,1-2H3,(H,20,24)/t14-/m0/s1. The first kappa shape index (κ1) is 20.7. The van der Waals surface area contributed by atoms with E-state index in [9.17, 15) is 4.79 Å². The highest BCUT2D eigenvalue weighted by molar-refractivity contribution is 7.13. The Morgan fingerprint density at radius 3 is 2.82 bits per heavy atom. The first-order valence-corrected chi connectivity index (χ1v) is 10.8. The van der Waals surface area contributed by atoms with E-state index in [1.165, 1.54) is 4.88 Å². The molecule has 1 amide bonds. The number of methoxy groups -OCH3 is 1. The lowest BCUT2D eigenvalue weighted by Crippen LogP contribution is -2.46. The molecule has 0 aliphatic heterocycles. The van der Waals surface area contributed by atoms with Crippen LogP contribution in [0.5, 0.6) is 0 Å². The minimum atomic E-state index is -0.337. The monoisotopic (exact) mass is 420 g/mol. The van der Waals surface area contributed by atoms with E-state index < -0.39 is 0 Å². The molecule has 1 N–H and O–H groups in total. The quantitative estimate of drug-likeness (QED) is 0.514. The molecule has 1 atom stereocenters. The Kier molecular flexibility index (Phi) is 7.72. The second-order valence-electron chi connectivity index (χ2n) is 6.24. The van der Waals surface area contributed by atoms with Crippen LogP contribution in [0.2, 0.25) is 0 Å². The summed E-state index contributed by atoms with van der Waals surface area (Å²) in [6.45, 7) is 3.99. The van der Waals surface area contributed by atoms with Crippen molar-refractivity contribution in [3.63, 3.8) is 0 Å². The van der Waals surface area contributed by atoms with Gasteiger partial charge in [-0.1, -0.05) is 12.1 Å². The van der Waals surface area contributed by atoms with Crippen molar-refractivity contribution >= 4 is 28.6 Å². The topological polar surface area (TPSA) is 80.5 Å². The molecular weight excluding hydrogens is 396 g/mol. The molecule has 0 aliphatic rings. The molecule has 3 aromatic rings. The fourth-order valence-corrected chi connectivity index (χ4v) is 4.04. The highest BCUT2D eigenvalue weighted by Gasteiger charge is 2.23. The lowest BCUT2D eigenvalue weighted by molar-refractivity contribution is -0.126. The van der Waals surface area contributed by atoms with E-state index in [1.54, 1.807) is 29.8 Å². The molecule has 150 valence electrons. The minimum Gasteiger partial charge on any atom is -0.419 e. The number of hydrogen-bond acceptors (Lipinski definition) is 8. The van der Waals surface area contributed by atoms with Gasteiger partial charge in [0.25, 0.3) is 5.89 Å². The van der Waals surface area contributed by atoms with Crippen LogP contribution in [0.4, 0.5) is 0 Å². The van der Waals surface area contributed by atoms with Crippen LogP contribution < -0.4 is 5.32 Å². The number of aromatic nitrogens is 2. The largest absolute Gasteiger partial charge is 0.419 e. The highest BCUT2D eigenvalue weighted by Crippen LogP contribution is 2.23. The van der Waals surface area contributed by atoms with Gasteiger partial charge in [0, 0.05) is 25.1 Å². The third kappa shape index (κ3) is 5.71. The predicted molar refractivity (Wildman–Crippen MR) is 110 cm³/mol. The molecule has 9 heteroatoms. The molecule has 0 spiro atoms. The van der Waals surface area contributed by atoms with Gasteiger partial charge >= 0.3 is 0 Å². The van der Waals surface area contributed by atoms with Gasteiger partial charge in [-0.25, -0.2) is 0 Å². The molecule has 0 bridgehead atoms. The zero-order chi connectivity index (χ0) is 19.8. The van der Waals surface area contributed by atoms with E-state index in [4.69, 9.17) is 9.15 Å². The van der Waals surface area contributed by atoms with Gasteiger partial charge < -0.3 is 14.5 Å². The zero-order valence-corrected chi connectivity index (χ0v) is 17.6. The van der Waals surface area contributed by atoms with Crippen molar-refractivity contribution in [3.05, 3.63) is 45.8 Å². The van der Waals surface area contributed by atoms with Crippen molar-refractivity contribution in [3.8, 4) is 10.8 Å². The van der Waals surface area contributed by atoms with Crippen LogP contribution in [0.3, 0.4) is 0 Å². The van der Waals surface area contributed by atoms with Crippen molar-refractivity contribution in [2.75, 3.05) is 26.8 Å². The van der Waals surface area contributed by atoms with Crippen LogP contribution >= 0.6 is 22.7 Å². The summed E-state index contributed by atoms with van der Waals surface area (Å²) < 4.78 is 11.0. The number of thiophene rings is 2. The van der Waals surface area contributed by atoms with E-state index in [-0.39, 0.29) is 11.9 Å². The Morgan fingerprint density at radius 1 is 1.29 bits per heavy atom. The summed E-state index contributed by atoms with van der Waals surface area (Å²) in [4.78, 5) is 16.8. The molecule has 0 radical (unpaired) electrons. The molecular formula is C19H24N4O3S2. The summed E-state index contributed by atoms with van der Waals surface area (Å²) in [5.41, 5.74) is 0. The Labute approximate surface area is 172 Å². The smallest absolute Gasteiger partial charge is 0.257 e. The van der Waals surface area contributed by atoms with Crippen LogP contribution in [0.15, 0.2) is 39.4 Å². The average Bonchev–Trinajstić information content (AvgIpc) is 3.46. The zero-order valence-electron chi connectivity index (χ0n) is 16.0. The van der Waals surface area contributed by atoms with E-state index >= 15 is 0 Å². The van der Waals surface area contributed by atoms with Crippen LogP contribution in [0, 0.1) is 0 Å². The summed E-state index contributed by atoms with van der Waals surface area (Å²) in [6, 6.07) is 7.64. The number of carbonyl (C=O) groups excluding carboxylic acids is 1. The number of nitrogens with zero attached hydrogens (tertiary/aromatic N) is 3. The number of rotatable bonds is 11. The Morgan fingerprint density at radius 2 is 2.11 bits per heavy atom. The van der Waals surface area contributed by atoms with Gasteiger partial charge in [0.1, 0.15) is 0 Å². The van der Waals surface area contributed by atoms with Crippen LogP contribution in [0.25, 0.3) is 10.8 Å². The fourth-order valence-electron chi connectivity index (χ4n) is 2.69. The van der Waals surface area contributed by atoms with E-state index in [1.807, 2.05) is 40.8 Å². The maximum atomic E-state index is 12.6. The summed E-state index contributed by atoms with van der Waals surface area (Å²) >= 11 is 3.25. The molecule has 3 heterocycles. The first-order valence-electron chi connectivity index (χ1n) is 9.06. The molecule has 0 saturated heterocycles. The molecule has 7 nitrogen and oxygen atoms in total. The van der Waals surface area contributed by atoms with Gasteiger partial charge in [-0.3, -0.25) is 9.69 Å². The maximum absolute atomic E-state index is 12.6. The van der Waals surface area contributed by atoms with E-state index in [0.717, 1.165) is 11.3 Å². The van der Waals surface area contributed by atoms with E-state index in [0.29, 0.717) is 38.0 Å². The normalized spacial score (nSPS) is 12.4. The number of hydrogen-bond donors (Lipinski definition) is 1. The highest BCUT2D eigenvalue weighted by atomic mass is 32.1. The molecule has 0 aliphatic carbocycles. The Balaban J connectivity index is 1.57. The van der Waals surface area contributed by atoms with Crippen molar-refractivity contribution in [1.29, 1.82) is 0 Å². The van der Waals surface area contributed by atoms with Crippen LogP contribution in [0.1, 0.15) is 17.7 Å². The summed E-state index contributed by atoms with van der Waals surface area (Å²) in [5.74, 6) is 0.966. The molecule has 3 rings (SSSR count). The lowest BCUT2D eigenvalue weighted by Gasteiger charge is -2.26. The fraction of sp³-hybridized carbons (Fsp3) is 0.421. The maximum Gasteiger partial charge on any atom is 0.257 e. The molecule has 0 unspecified atom stereocenters. The molecule has 0 saturated carbocycles. The molecule has 0 fully saturated rings. The van der Waals surface area contributed by atoms with Gasteiger partial charge in [-0.2, -0.15) is 0 Å². The average molecular weight is 421 g/mol. The molecule has 28 heavy (non-hydrogen) atoms. The second kappa shape index (κ2) is 10.5. The second-order valence-corrected chi connectivity index (χ2v) is 8.22. The molecule has 0 aromatic carbocycles. The van der Waals surface area contributed by atoms with Crippen molar-refractivity contribution in [2.24, 2.45) is 0 Å². The van der Waals surface area contributed by atoms with Crippen molar-refractivity contribution < 1.29 is 13.9 Å². The third-order valence-corrected chi connectivity index (χ3v) is 6.09. The summed E-state index contributed by atoms with van der Waals surface area (Å²) in [5, 5.41) is 15.3. The third-order valence-electron chi connectivity index (χ3n) is 4.30. The van der Waals surface area contributed by atoms with Crippen LogP contribution in [-0.4, -0.2) is 53.9 Å². The van der Waals surface area contributed by atoms with Crippen LogP contribution in [-0.2, 0) is 22.5 Å². The predicted octanol–water partition coefficient (Wildman–Crippen LogP) is 3.06. The lowest BCUT2D eigenvalue weighted by atomic mass is 10.2. The SMILES string of the molecule is COCCN(Cc1nnc(-c2cccs2)o1)[C@@H](C)C(=O)NCCc1cccs1. The van der Waals surface area contributed by atoms with Crippen molar-refractivity contribution in [2.45, 2.75) is 25.9 Å². The molecule has 3 aromatic heterocycles. The Bertz CT molecular complexity index is 833. The van der Waals surface area contributed by atoms with Crippen molar-refractivity contribution in [1.82, 2.24) is 20.4 Å². The van der Waals surface area contributed by atoms with Gasteiger partial charge in [-0.05, 0) is 36.2 Å². The summed E-state index contributed by atoms with van der Waals surface area (Å²) in [7, 11) is 1.64. The number of amides is 1. The first-order chi connectivity index (χ1) is 13.7. The van der Waals surface area contributed by atoms with Gasteiger partial charge in [0.2, 0.25) is 11.8 Å². The van der Waals surface area contributed by atoms with Gasteiger partial charge in [-0.15, -0.1) is 32.9 Å². The number of ether oxygens (including phenoxy) is 1.